The van der Waals surface area contributed by atoms with Crippen molar-refractivity contribution >= 4 is 26.8 Å². The predicted molar refractivity (Wildman–Crippen MR) is 112 cm³/mol. The number of carbonyl (C=O) groups excluding carboxylic acids is 1. The normalized spacial score (nSPS) is 20.3. The lowest BCUT2D eigenvalue weighted by Crippen LogP contribution is -2.14. The van der Waals surface area contributed by atoms with Crippen molar-refractivity contribution in [2.45, 2.75) is 44.8 Å². The van der Waals surface area contributed by atoms with Crippen LogP contribution in [0.4, 0.5) is 4.39 Å². The highest BCUT2D eigenvalue weighted by Gasteiger charge is 2.34. The predicted octanol–water partition coefficient (Wildman–Crippen LogP) is 3.47. The van der Waals surface area contributed by atoms with Crippen LogP contribution in [-0.4, -0.2) is 40.7 Å². The minimum Gasteiger partial charge on any atom is -0.457 e. The van der Waals surface area contributed by atoms with Crippen LogP contribution in [0.2, 0.25) is 0 Å². The van der Waals surface area contributed by atoms with Gasteiger partial charge in [-0.2, -0.15) is 5.10 Å². The minimum absolute atomic E-state index is 0.0195. The zero-order chi connectivity index (χ0) is 21.8. The SMILES string of the molecule is Cc1nn(C2CCS(=O)(=O)C2)c2nc(C3CC3)cc(C(=O)OCc3ccccc3F)c12. The van der Waals surface area contributed by atoms with Crippen LogP contribution in [-0.2, 0) is 21.2 Å². The molecule has 1 aromatic carbocycles. The molecule has 0 spiro atoms. The fourth-order valence-corrected chi connectivity index (χ4v) is 5.83. The Labute approximate surface area is 179 Å². The molecule has 2 aliphatic rings. The number of aromatic nitrogens is 3. The van der Waals surface area contributed by atoms with E-state index in [-0.39, 0.29) is 30.1 Å². The third kappa shape index (κ3) is 3.82. The van der Waals surface area contributed by atoms with Crippen molar-refractivity contribution in [2.75, 3.05) is 11.5 Å². The molecule has 31 heavy (non-hydrogen) atoms. The number of hydrogen-bond donors (Lipinski definition) is 0. The molecule has 7 nitrogen and oxygen atoms in total. The highest BCUT2D eigenvalue weighted by molar-refractivity contribution is 7.91. The van der Waals surface area contributed by atoms with Gasteiger partial charge < -0.3 is 4.74 Å². The highest BCUT2D eigenvalue weighted by atomic mass is 32.2. The van der Waals surface area contributed by atoms with E-state index < -0.39 is 21.6 Å². The first kappa shape index (κ1) is 20.1. The monoisotopic (exact) mass is 443 g/mol. The Morgan fingerprint density at radius 1 is 1.26 bits per heavy atom. The molecular formula is C22H22FN3O4S. The van der Waals surface area contributed by atoms with Crippen molar-refractivity contribution in [3.8, 4) is 0 Å². The summed E-state index contributed by atoms with van der Waals surface area (Å²) in [5.74, 6) is -0.582. The largest absolute Gasteiger partial charge is 0.457 e. The minimum atomic E-state index is -3.10. The van der Waals surface area contributed by atoms with Crippen LogP contribution >= 0.6 is 0 Å². The van der Waals surface area contributed by atoms with Gasteiger partial charge in [0.25, 0.3) is 0 Å². The van der Waals surface area contributed by atoms with Gasteiger partial charge >= 0.3 is 5.97 Å². The van der Waals surface area contributed by atoms with Gasteiger partial charge in [0.2, 0.25) is 0 Å². The van der Waals surface area contributed by atoms with E-state index in [0.29, 0.717) is 34.3 Å². The number of carbonyl (C=O) groups is 1. The number of pyridine rings is 1. The fraction of sp³-hybridized carbons (Fsp3) is 0.409. The van der Waals surface area contributed by atoms with E-state index >= 15 is 0 Å². The lowest BCUT2D eigenvalue weighted by molar-refractivity contribution is 0.0471. The third-order valence-electron chi connectivity index (χ3n) is 5.94. The van der Waals surface area contributed by atoms with Gasteiger partial charge in [-0.1, -0.05) is 18.2 Å². The number of esters is 1. The lowest BCUT2D eigenvalue weighted by Gasteiger charge is -2.12. The molecule has 1 saturated heterocycles. The molecule has 0 bridgehead atoms. The molecule has 9 heteroatoms. The van der Waals surface area contributed by atoms with E-state index in [1.54, 1.807) is 35.9 Å². The number of nitrogens with zero attached hydrogens (tertiary/aromatic N) is 3. The first-order valence-corrected chi connectivity index (χ1v) is 12.2. The second-order valence-electron chi connectivity index (χ2n) is 8.32. The summed E-state index contributed by atoms with van der Waals surface area (Å²) in [6.45, 7) is 1.59. The van der Waals surface area contributed by atoms with Crippen molar-refractivity contribution in [2.24, 2.45) is 0 Å². The molecule has 1 unspecified atom stereocenters. The summed E-state index contributed by atoms with van der Waals surface area (Å²) in [6, 6.07) is 7.61. The van der Waals surface area contributed by atoms with Crippen LogP contribution in [0, 0.1) is 12.7 Å². The van der Waals surface area contributed by atoms with E-state index in [4.69, 9.17) is 9.72 Å². The molecule has 1 aliphatic carbocycles. The van der Waals surface area contributed by atoms with Crippen molar-refractivity contribution in [1.82, 2.24) is 14.8 Å². The van der Waals surface area contributed by atoms with Crippen molar-refractivity contribution in [1.29, 1.82) is 0 Å². The summed E-state index contributed by atoms with van der Waals surface area (Å²) in [7, 11) is -3.10. The van der Waals surface area contributed by atoms with Crippen LogP contribution in [0.1, 0.15) is 58.5 Å². The molecule has 5 rings (SSSR count). The molecule has 2 fully saturated rings. The number of fused-ring (bicyclic) bond motifs is 1. The number of hydrogen-bond acceptors (Lipinski definition) is 6. The average Bonchev–Trinajstić information content (AvgIpc) is 3.45. The first-order valence-electron chi connectivity index (χ1n) is 10.3. The average molecular weight is 444 g/mol. The smallest absolute Gasteiger partial charge is 0.339 e. The van der Waals surface area contributed by atoms with Gasteiger partial charge in [0.15, 0.2) is 15.5 Å². The van der Waals surface area contributed by atoms with Crippen LogP contribution < -0.4 is 0 Å². The Kier molecular flexibility index (Phi) is 4.80. The number of halogens is 1. The molecule has 0 amide bonds. The molecule has 3 heterocycles. The number of benzene rings is 1. The van der Waals surface area contributed by atoms with Crippen molar-refractivity contribution in [3.63, 3.8) is 0 Å². The van der Waals surface area contributed by atoms with Crippen LogP contribution in [0.25, 0.3) is 11.0 Å². The zero-order valence-corrected chi connectivity index (χ0v) is 17.9. The Hall–Kier alpha value is -2.81. The zero-order valence-electron chi connectivity index (χ0n) is 17.0. The molecule has 1 saturated carbocycles. The van der Waals surface area contributed by atoms with Gasteiger partial charge in [0.05, 0.1) is 34.2 Å². The fourth-order valence-electron chi connectivity index (χ4n) is 4.14. The van der Waals surface area contributed by atoms with Gasteiger partial charge in [-0.25, -0.2) is 27.3 Å². The molecular weight excluding hydrogens is 421 g/mol. The second-order valence-corrected chi connectivity index (χ2v) is 10.6. The number of ether oxygens (including phenoxy) is 1. The van der Waals surface area contributed by atoms with E-state index in [1.807, 2.05) is 0 Å². The highest BCUT2D eigenvalue weighted by Crippen LogP contribution is 2.41. The van der Waals surface area contributed by atoms with Crippen molar-refractivity contribution in [3.05, 3.63) is 58.7 Å². The third-order valence-corrected chi connectivity index (χ3v) is 7.69. The molecule has 0 radical (unpaired) electrons. The molecule has 0 N–H and O–H groups in total. The summed E-state index contributed by atoms with van der Waals surface area (Å²) >= 11 is 0. The van der Waals surface area contributed by atoms with E-state index in [0.717, 1.165) is 18.5 Å². The lowest BCUT2D eigenvalue weighted by atomic mass is 10.1. The maximum Gasteiger partial charge on any atom is 0.339 e. The van der Waals surface area contributed by atoms with Gasteiger partial charge in [-0.3, -0.25) is 0 Å². The van der Waals surface area contributed by atoms with Crippen LogP contribution in [0.3, 0.4) is 0 Å². The van der Waals surface area contributed by atoms with Gasteiger partial charge in [0, 0.05) is 17.2 Å². The topological polar surface area (TPSA) is 91.1 Å². The van der Waals surface area contributed by atoms with Gasteiger partial charge in [-0.05, 0) is 38.3 Å². The second kappa shape index (κ2) is 7.40. The molecule has 162 valence electrons. The Balaban J connectivity index is 1.54. The number of sulfone groups is 1. The standard InChI is InChI=1S/C22H22FN3O4S/c1-13-20-17(22(27)30-11-15-4-2-3-5-18(15)23)10-19(14-6-7-14)24-21(20)26(25-13)16-8-9-31(28,29)12-16/h2-5,10,14,16H,6-9,11-12H2,1H3. The van der Waals surface area contributed by atoms with Gasteiger partial charge in [-0.15, -0.1) is 0 Å². The van der Waals surface area contributed by atoms with E-state index in [1.165, 1.54) is 6.07 Å². The first-order chi connectivity index (χ1) is 14.8. The molecule has 1 aliphatic heterocycles. The maximum absolute atomic E-state index is 13.9. The summed E-state index contributed by atoms with van der Waals surface area (Å²) in [5, 5.41) is 5.12. The van der Waals surface area contributed by atoms with Crippen LogP contribution in [0.15, 0.2) is 30.3 Å². The Morgan fingerprint density at radius 2 is 2.03 bits per heavy atom. The summed E-state index contributed by atoms with van der Waals surface area (Å²) in [6.07, 6.45) is 2.46. The molecule has 2 aromatic heterocycles. The quantitative estimate of drug-likeness (QED) is 0.561. The van der Waals surface area contributed by atoms with E-state index in [2.05, 4.69) is 5.10 Å². The van der Waals surface area contributed by atoms with Gasteiger partial charge in [0.1, 0.15) is 12.4 Å². The Morgan fingerprint density at radius 3 is 2.71 bits per heavy atom. The molecule has 3 aromatic rings. The van der Waals surface area contributed by atoms with Crippen LogP contribution in [0.5, 0.6) is 0 Å². The van der Waals surface area contributed by atoms with E-state index in [9.17, 15) is 17.6 Å². The summed E-state index contributed by atoms with van der Waals surface area (Å²) < 4.78 is 45.0. The maximum atomic E-state index is 13.9. The summed E-state index contributed by atoms with van der Waals surface area (Å²) in [4.78, 5) is 17.8. The summed E-state index contributed by atoms with van der Waals surface area (Å²) in [5.41, 5.74) is 2.53. The number of rotatable bonds is 5. The number of aryl methyl sites for hydroxylation is 1. The van der Waals surface area contributed by atoms with Crippen molar-refractivity contribution < 1.29 is 22.3 Å². The Bertz CT molecular complexity index is 1300. The molecule has 1 atom stereocenters.